The van der Waals surface area contributed by atoms with E-state index in [1.54, 1.807) is 12.1 Å². The maximum atomic E-state index is 12.1. The molecule has 6 heteroatoms. The second-order valence-electron chi connectivity index (χ2n) is 4.90. The standard InChI is InChI=1S/C15H15N3O2S/c16-14(12-2-1-7-21-12)15(20)17-10-4-5-11-9(8-10)3-6-13(19)18-11/h1-2,4-5,7-8,14H,3,6,16H2,(H,17,20)(H,18,19). The van der Waals surface area contributed by atoms with Gasteiger partial charge in [-0.3, -0.25) is 9.59 Å². The van der Waals surface area contributed by atoms with Crippen LogP contribution in [0, 0.1) is 0 Å². The zero-order chi connectivity index (χ0) is 14.8. The fraction of sp³-hybridized carbons (Fsp3) is 0.200. The molecular weight excluding hydrogens is 286 g/mol. The van der Waals surface area contributed by atoms with E-state index in [0.717, 1.165) is 16.1 Å². The number of nitrogens with two attached hydrogens (primary N) is 1. The lowest BCUT2D eigenvalue weighted by atomic mass is 10.0. The molecule has 0 radical (unpaired) electrons. The highest BCUT2D eigenvalue weighted by molar-refractivity contribution is 7.10. The van der Waals surface area contributed by atoms with Gasteiger partial charge < -0.3 is 16.4 Å². The van der Waals surface area contributed by atoms with Crippen molar-refractivity contribution in [2.75, 3.05) is 10.6 Å². The number of amides is 2. The van der Waals surface area contributed by atoms with E-state index in [0.29, 0.717) is 18.5 Å². The minimum Gasteiger partial charge on any atom is -0.326 e. The van der Waals surface area contributed by atoms with E-state index in [2.05, 4.69) is 10.6 Å². The van der Waals surface area contributed by atoms with Crippen LogP contribution in [-0.2, 0) is 16.0 Å². The van der Waals surface area contributed by atoms with Crippen LogP contribution in [0.4, 0.5) is 11.4 Å². The molecule has 4 N–H and O–H groups in total. The molecule has 2 heterocycles. The van der Waals surface area contributed by atoms with Crippen molar-refractivity contribution in [2.24, 2.45) is 5.73 Å². The summed E-state index contributed by atoms with van der Waals surface area (Å²) in [7, 11) is 0. The molecule has 1 aromatic carbocycles. The average molecular weight is 301 g/mol. The Bertz CT molecular complexity index is 682. The van der Waals surface area contributed by atoms with Gasteiger partial charge in [0.1, 0.15) is 6.04 Å². The highest BCUT2D eigenvalue weighted by Crippen LogP contribution is 2.26. The lowest BCUT2D eigenvalue weighted by molar-refractivity contribution is -0.117. The van der Waals surface area contributed by atoms with Crippen molar-refractivity contribution in [3.63, 3.8) is 0 Å². The van der Waals surface area contributed by atoms with Gasteiger partial charge in [-0.1, -0.05) is 6.07 Å². The van der Waals surface area contributed by atoms with Gasteiger partial charge >= 0.3 is 0 Å². The molecule has 0 bridgehead atoms. The van der Waals surface area contributed by atoms with Crippen LogP contribution >= 0.6 is 11.3 Å². The largest absolute Gasteiger partial charge is 0.326 e. The Kier molecular flexibility index (Phi) is 3.72. The summed E-state index contributed by atoms with van der Waals surface area (Å²) >= 11 is 1.46. The molecule has 21 heavy (non-hydrogen) atoms. The highest BCUT2D eigenvalue weighted by atomic mass is 32.1. The molecule has 1 aromatic heterocycles. The molecule has 1 aliphatic heterocycles. The molecule has 0 aliphatic carbocycles. The summed E-state index contributed by atoms with van der Waals surface area (Å²) in [5, 5.41) is 7.53. The van der Waals surface area contributed by atoms with E-state index in [1.807, 2.05) is 23.6 Å². The topological polar surface area (TPSA) is 84.2 Å². The van der Waals surface area contributed by atoms with E-state index in [-0.39, 0.29) is 11.8 Å². The lowest BCUT2D eigenvalue weighted by Gasteiger charge is -2.18. The monoisotopic (exact) mass is 301 g/mol. The summed E-state index contributed by atoms with van der Waals surface area (Å²) in [5.41, 5.74) is 8.46. The maximum absolute atomic E-state index is 12.1. The summed E-state index contributed by atoms with van der Waals surface area (Å²) in [6.07, 6.45) is 1.15. The minimum absolute atomic E-state index is 0.0269. The van der Waals surface area contributed by atoms with Crippen LogP contribution in [0.5, 0.6) is 0 Å². The van der Waals surface area contributed by atoms with E-state index in [9.17, 15) is 9.59 Å². The van der Waals surface area contributed by atoms with E-state index in [4.69, 9.17) is 5.73 Å². The first kappa shape index (κ1) is 13.8. The van der Waals surface area contributed by atoms with Gasteiger partial charge in [0.05, 0.1) is 0 Å². The predicted octanol–water partition coefficient (Wildman–Crippen LogP) is 2.27. The minimum atomic E-state index is -0.666. The summed E-state index contributed by atoms with van der Waals surface area (Å²) < 4.78 is 0. The number of rotatable bonds is 3. The maximum Gasteiger partial charge on any atom is 0.246 e. The number of aryl methyl sites for hydroxylation is 1. The van der Waals surface area contributed by atoms with Crippen molar-refractivity contribution in [3.8, 4) is 0 Å². The Labute approximate surface area is 126 Å². The number of benzene rings is 1. The first-order valence-electron chi connectivity index (χ1n) is 6.66. The van der Waals surface area contributed by atoms with Gasteiger partial charge in [-0.05, 0) is 41.6 Å². The second kappa shape index (κ2) is 5.67. The van der Waals surface area contributed by atoms with Gasteiger partial charge in [0, 0.05) is 22.7 Å². The van der Waals surface area contributed by atoms with Crippen LogP contribution in [0.1, 0.15) is 22.9 Å². The number of carbonyl (C=O) groups excluding carboxylic acids is 2. The van der Waals surface area contributed by atoms with Gasteiger partial charge in [-0.15, -0.1) is 11.3 Å². The van der Waals surface area contributed by atoms with E-state index in [1.165, 1.54) is 11.3 Å². The zero-order valence-corrected chi connectivity index (χ0v) is 12.1. The summed E-state index contributed by atoms with van der Waals surface area (Å²) in [5.74, 6) is -0.212. The van der Waals surface area contributed by atoms with Crippen molar-refractivity contribution in [1.29, 1.82) is 0 Å². The molecule has 0 spiro atoms. The van der Waals surface area contributed by atoms with Gasteiger partial charge in [-0.25, -0.2) is 0 Å². The SMILES string of the molecule is NC(C(=O)Nc1ccc2c(c1)CCC(=O)N2)c1cccs1. The van der Waals surface area contributed by atoms with Crippen molar-refractivity contribution in [1.82, 2.24) is 0 Å². The molecule has 2 aromatic rings. The van der Waals surface area contributed by atoms with Crippen LogP contribution in [0.25, 0.3) is 0 Å². The Hall–Kier alpha value is -2.18. The summed E-state index contributed by atoms with van der Waals surface area (Å²) in [6, 6.07) is 8.50. The smallest absolute Gasteiger partial charge is 0.246 e. The molecule has 0 saturated carbocycles. The molecule has 1 atom stereocenters. The molecule has 1 unspecified atom stereocenters. The van der Waals surface area contributed by atoms with Crippen molar-refractivity contribution >= 4 is 34.5 Å². The fourth-order valence-electron chi connectivity index (χ4n) is 2.28. The highest BCUT2D eigenvalue weighted by Gasteiger charge is 2.18. The molecule has 2 amide bonds. The number of nitrogens with one attached hydrogen (secondary N) is 2. The molecule has 5 nitrogen and oxygen atoms in total. The lowest BCUT2D eigenvalue weighted by Crippen LogP contribution is -2.27. The first-order chi connectivity index (χ1) is 10.1. The molecule has 3 rings (SSSR count). The van der Waals surface area contributed by atoms with Gasteiger partial charge in [0.2, 0.25) is 11.8 Å². The van der Waals surface area contributed by atoms with Gasteiger partial charge in [-0.2, -0.15) is 0 Å². The average Bonchev–Trinajstić information content (AvgIpc) is 3.00. The molecular formula is C15H15N3O2S. The van der Waals surface area contributed by atoms with Crippen molar-refractivity contribution < 1.29 is 9.59 Å². The quantitative estimate of drug-likeness (QED) is 0.813. The summed E-state index contributed by atoms with van der Waals surface area (Å²) in [4.78, 5) is 24.3. The second-order valence-corrected chi connectivity index (χ2v) is 5.88. The number of hydrogen-bond acceptors (Lipinski definition) is 4. The summed E-state index contributed by atoms with van der Waals surface area (Å²) in [6.45, 7) is 0. The molecule has 0 fully saturated rings. The van der Waals surface area contributed by atoms with E-state index < -0.39 is 6.04 Å². The third-order valence-electron chi connectivity index (χ3n) is 3.40. The van der Waals surface area contributed by atoms with Gasteiger partial charge in [0.15, 0.2) is 0 Å². The predicted molar refractivity (Wildman–Crippen MR) is 83.3 cm³/mol. The normalized spacial score (nSPS) is 15.0. The number of carbonyl (C=O) groups is 2. The van der Waals surface area contributed by atoms with E-state index >= 15 is 0 Å². The Morgan fingerprint density at radius 1 is 1.33 bits per heavy atom. The first-order valence-corrected chi connectivity index (χ1v) is 7.54. The van der Waals surface area contributed by atoms with Crippen LogP contribution in [0.15, 0.2) is 35.7 Å². The number of fused-ring (bicyclic) bond motifs is 1. The van der Waals surface area contributed by atoms with Crippen molar-refractivity contribution in [2.45, 2.75) is 18.9 Å². The molecule has 108 valence electrons. The number of thiophene rings is 1. The molecule has 0 saturated heterocycles. The third-order valence-corrected chi connectivity index (χ3v) is 4.36. The van der Waals surface area contributed by atoms with Crippen LogP contribution in [-0.4, -0.2) is 11.8 Å². The zero-order valence-electron chi connectivity index (χ0n) is 11.3. The third kappa shape index (κ3) is 2.96. The molecule has 1 aliphatic rings. The fourth-order valence-corrected chi connectivity index (χ4v) is 3.00. The van der Waals surface area contributed by atoms with Crippen LogP contribution < -0.4 is 16.4 Å². The van der Waals surface area contributed by atoms with Gasteiger partial charge in [0.25, 0.3) is 0 Å². The Morgan fingerprint density at radius 3 is 2.95 bits per heavy atom. The number of anilines is 2. The van der Waals surface area contributed by atoms with Crippen LogP contribution in [0.2, 0.25) is 0 Å². The van der Waals surface area contributed by atoms with Crippen LogP contribution in [0.3, 0.4) is 0 Å². The number of hydrogen-bond donors (Lipinski definition) is 3. The Balaban J connectivity index is 1.73. The van der Waals surface area contributed by atoms with Crippen molar-refractivity contribution in [3.05, 3.63) is 46.2 Å². The Morgan fingerprint density at radius 2 is 2.19 bits per heavy atom.